The molecule has 1 heterocycles. The van der Waals surface area contributed by atoms with E-state index in [-0.39, 0.29) is 28.2 Å². The van der Waals surface area contributed by atoms with Crippen molar-refractivity contribution in [1.82, 2.24) is 4.72 Å². The Kier molecular flexibility index (Phi) is 5.36. The second-order valence-electron chi connectivity index (χ2n) is 6.12. The molecule has 0 saturated carbocycles. The largest absolute Gasteiger partial charge is 0.489 e. The molecule has 140 valence electrons. The molecule has 0 spiro atoms. The van der Waals surface area contributed by atoms with Crippen LogP contribution in [0.4, 0.5) is 0 Å². The summed E-state index contributed by atoms with van der Waals surface area (Å²) in [6.07, 6.45) is 1.06. The first-order valence-corrected chi connectivity index (χ1v) is 11.5. The van der Waals surface area contributed by atoms with Gasteiger partial charge in [-0.3, -0.25) is 0 Å². The van der Waals surface area contributed by atoms with E-state index in [1.165, 1.54) is 6.07 Å². The molecule has 0 bridgehead atoms. The molecule has 1 aliphatic rings. The zero-order valence-corrected chi connectivity index (χ0v) is 16.0. The molecule has 6 nitrogen and oxygen atoms in total. The van der Waals surface area contributed by atoms with E-state index in [1.54, 1.807) is 49.4 Å². The highest BCUT2D eigenvalue weighted by atomic mass is 32.2. The van der Waals surface area contributed by atoms with Crippen LogP contribution in [0.3, 0.4) is 0 Å². The van der Waals surface area contributed by atoms with Gasteiger partial charge in [-0.15, -0.1) is 0 Å². The fourth-order valence-corrected chi connectivity index (χ4v) is 4.72. The van der Waals surface area contributed by atoms with Crippen LogP contribution in [0, 0.1) is 0 Å². The number of sulfonamides is 1. The minimum absolute atomic E-state index is 0.00970. The monoisotopic (exact) mass is 395 g/mol. The van der Waals surface area contributed by atoms with Crippen molar-refractivity contribution in [3.63, 3.8) is 0 Å². The Hall–Kier alpha value is -1.90. The van der Waals surface area contributed by atoms with Gasteiger partial charge >= 0.3 is 0 Å². The highest BCUT2D eigenvalue weighted by Crippen LogP contribution is 2.32. The van der Waals surface area contributed by atoms with Crippen molar-refractivity contribution in [1.29, 1.82) is 0 Å². The molecule has 8 heteroatoms. The molecule has 2 aromatic rings. The minimum atomic E-state index is -3.62. The number of hydrogen-bond donors (Lipinski definition) is 1. The summed E-state index contributed by atoms with van der Waals surface area (Å²) in [5.41, 5.74) is 0.923. The third-order valence-corrected chi connectivity index (χ3v) is 7.48. The van der Waals surface area contributed by atoms with Crippen molar-refractivity contribution in [2.75, 3.05) is 12.3 Å². The van der Waals surface area contributed by atoms with Crippen molar-refractivity contribution in [2.24, 2.45) is 0 Å². The second kappa shape index (κ2) is 7.38. The summed E-state index contributed by atoms with van der Waals surface area (Å²) in [4.78, 5) is 0.389. The van der Waals surface area contributed by atoms with Gasteiger partial charge in [0.2, 0.25) is 19.9 Å². The smallest absolute Gasteiger partial charge is 0.211 e. The molecule has 2 aromatic carbocycles. The van der Waals surface area contributed by atoms with E-state index >= 15 is 0 Å². The predicted octanol–water partition coefficient (Wildman–Crippen LogP) is 2.15. The molecular formula is C18H21NO5S2. The molecule has 0 radical (unpaired) electrons. The van der Waals surface area contributed by atoms with Gasteiger partial charge in [0, 0.05) is 6.54 Å². The van der Waals surface area contributed by atoms with Crippen LogP contribution >= 0.6 is 0 Å². The molecule has 1 aliphatic heterocycles. The summed E-state index contributed by atoms with van der Waals surface area (Å²) in [5, 5.41) is 0. The zero-order chi connectivity index (χ0) is 18.8. The van der Waals surface area contributed by atoms with E-state index in [0.717, 1.165) is 5.56 Å². The lowest BCUT2D eigenvalue weighted by molar-refractivity contribution is 0.176. The molecule has 1 atom stereocenters. The van der Waals surface area contributed by atoms with Crippen LogP contribution in [-0.4, -0.2) is 35.2 Å². The number of hydrogen-bond acceptors (Lipinski definition) is 5. The number of benzene rings is 2. The summed E-state index contributed by atoms with van der Waals surface area (Å²) >= 11 is 0. The van der Waals surface area contributed by atoms with Crippen LogP contribution in [0.25, 0.3) is 0 Å². The third kappa shape index (κ3) is 4.08. The van der Waals surface area contributed by atoms with Crippen LogP contribution in [0.1, 0.15) is 18.9 Å². The summed E-state index contributed by atoms with van der Waals surface area (Å²) in [6, 6.07) is 13.1. The average molecular weight is 396 g/mol. The Balaban J connectivity index is 1.82. The van der Waals surface area contributed by atoms with Crippen LogP contribution in [0.2, 0.25) is 0 Å². The van der Waals surface area contributed by atoms with Gasteiger partial charge in [-0.1, -0.05) is 24.3 Å². The van der Waals surface area contributed by atoms with Crippen LogP contribution < -0.4 is 9.46 Å². The number of sulfone groups is 1. The SMILES string of the molecule is CCS(=O)(=O)NC[C@H]1CCc2ccc(S(=O)(=O)c3ccccc3)cc2O1. The summed E-state index contributed by atoms with van der Waals surface area (Å²) < 4.78 is 57.0. The Morgan fingerprint density at radius 2 is 1.77 bits per heavy atom. The second-order valence-corrected chi connectivity index (χ2v) is 10.2. The van der Waals surface area contributed by atoms with Crippen LogP contribution in [-0.2, 0) is 26.3 Å². The summed E-state index contributed by atoms with van der Waals surface area (Å²) in [7, 11) is -6.91. The molecule has 0 amide bonds. The fourth-order valence-electron chi connectivity index (χ4n) is 2.77. The number of fused-ring (bicyclic) bond motifs is 1. The van der Waals surface area contributed by atoms with E-state index in [9.17, 15) is 16.8 Å². The maximum Gasteiger partial charge on any atom is 0.211 e. The molecule has 0 unspecified atom stereocenters. The number of nitrogens with one attached hydrogen (secondary N) is 1. The average Bonchev–Trinajstić information content (AvgIpc) is 2.66. The van der Waals surface area contributed by atoms with Gasteiger partial charge in [0.25, 0.3) is 0 Å². The number of ether oxygens (including phenoxy) is 1. The quantitative estimate of drug-likeness (QED) is 0.809. The molecule has 0 aromatic heterocycles. The van der Waals surface area contributed by atoms with Crippen LogP contribution in [0.5, 0.6) is 5.75 Å². The maximum atomic E-state index is 12.7. The molecule has 26 heavy (non-hydrogen) atoms. The predicted molar refractivity (Wildman–Crippen MR) is 98.5 cm³/mol. The van der Waals surface area contributed by atoms with Crippen molar-refractivity contribution in [2.45, 2.75) is 35.7 Å². The van der Waals surface area contributed by atoms with Gasteiger partial charge in [-0.2, -0.15) is 0 Å². The van der Waals surface area contributed by atoms with E-state index in [2.05, 4.69) is 4.72 Å². The Labute approximate surface area is 154 Å². The van der Waals surface area contributed by atoms with Gasteiger partial charge < -0.3 is 4.74 Å². The Bertz CT molecular complexity index is 985. The lowest BCUT2D eigenvalue weighted by Gasteiger charge is -2.26. The van der Waals surface area contributed by atoms with Gasteiger partial charge in [-0.25, -0.2) is 21.6 Å². The first kappa shape index (κ1) is 18.9. The van der Waals surface area contributed by atoms with Gasteiger partial charge in [-0.05, 0) is 49.6 Å². The molecule has 0 saturated heterocycles. The molecule has 0 fully saturated rings. The molecular weight excluding hydrogens is 374 g/mol. The van der Waals surface area contributed by atoms with E-state index < -0.39 is 19.9 Å². The van der Waals surface area contributed by atoms with E-state index in [1.807, 2.05) is 0 Å². The Morgan fingerprint density at radius 1 is 1.04 bits per heavy atom. The lowest BCUT2D eigenvalue weighted by atomic mass is 10.0. The van der Waals surface area contributed by atoms with E-state index in [4.69, 9.17) is 4.74 Å². The first-order chi connectivity index (χ1) is 12.3. The van der Waals surface area contributed by atoms with Crippen molar-refractivity contribution in [3.8, 4) is 5.75 Å². The van der Waals surface area contributed by atoms with Crippen molar-refractivity contribution < 1.29 is 21.6 Å². The van der Waals surface area contributed by atoms with Crippen LogP contribution in [0.15, 0.2) is 58.3 Å². The van der Waals surface area contributed by atoms with Gasteiger partial charge in [0.1, 0.15) is 11.9 Å². The summed E-state index contributed by atoms with van der Waals surface area (Å²) in [6.45, 7) is 1.74. The van der Waals surface area contributed by atoms with Gasteiger partial charge in [0.05, 0.1) is 15.5 Å². The highest BCUT2D eigenvalue weighted by molar-refractivity contribution is 7.91. The summed E-state index contributed by atoms with van der Waals surface area (Å²) in [5.74, 6) is 0.504. The normalized spacial score (nSPS) is 17.3. The Morgan fingerprint density at radius 3 is 2.46 bits per heavy atom. The lowest BCUT2D eigenvalue weighted by Crippen LogP contribution is -2.37. The first-order valence-electron chi connectivity index (χ1n) is 8.39. The van der Waals surface area contributed by atoms with E-state index in [0.29, 0.717) is 18.6 Å². The number of aryl methyl sites for hydroxylation is 1. The highest BCUT2D eigenvalue weighted by Gasteiger charge is 2.24. The van der Waals surface area contributed by atoms with Crippen molar-refractivity contribution in [3.05, 3.63) is 54.1 Å². The third-order valence-electron chi connectivity index (χ3n) is 4.34. The fraction of sp³-hybridized carbons (Fsp3) is 0.333. The van der Waals surface area contributed by atoms with Crippen molar-refractivity contribution >= 4 is 19.9 Å². The standard InChI is InChI=1S/C18H21NO5S2/c1-2-25(20,21)19-13-15-10-8-14-9-11-17(12-18(14)24-15)26(22,23)16-6-4-3-5-7-16/h3-7,9,11-12,15,19H,2,8,10,13H2,1H3/t15-/m1/s1. The molecule has 0 aliphatic carbocycles. The molecule has 3 rings (SSSR count). The zero-order valence-electron chi connectivity index (χ0n) is 14.4. The molecule has 1 N–H and O–H groups in total. The topological polar surface area (TPSA) is 89.5 Å². The maximum absolute atomic E-state index is 12.7. The van der Waals surface area contributed by atoms with Gasteiger partial charge in [0.15, 0.2) is 0 Å². The minimum Gasteiger partial charge on any atom is -0.489 e. The number of rotatable bonds is 6.